The topological polar surface area (TPSA) is 20.3 Å². The van der Waals surface area contributed by atoms with Crippen LogP contribution in [0.3, 0.4) is 0 Å². The molecule has 1 saturated heterocycles. The molecule has 0 atom stereocenters. The summed E-state index contributed by atoms with van der Waals surface area (Å²) >= 11 is 3.42. The van der Waals surface area contributed by atoms with Crippen LogP contribution in [0.4, 0.5) is 0 Å². The molecule has 1 fully saturated rings. The Morgan fingerprint density at radius 2 is 2.00 bits per heavy atom. The first-order valence-corrected chi connectivity index (χ1v) is 6.80. The van der Waals surface area contributed by atoms with E-state index in [1.54, 1.807) is 0 Å². The molecule has 0 aromatic rings. The fraction of sp³-hybridized carbons (Fsp3) is 0.909. The van der Waals surface area contributed by atoms with Crippen molar-refractivity contribution in [2.45, 2.75) is 44.9 Å². The van der Waals surface area contributed by atoms with Gasteiger partial charge in [0.15, 0.2) is 0 Å². The summed E-state index contributed by atoms with van der Waals surface area (Å²) in [4.78, 5) is 13.7. The van der Waals surface area contributed by atoms with E-state index in [-0.39, 0.29) is 0 Å². The molecule has 0 N–H and O–H groups in total. The normalized spacial score (nSPS) is 18.4. The van der Waals surface area contributed by atoms with Crippen molar-refractivity contribution in [2.75, 3.05) is 18.4 Å². The minimum Gasteiger partial charge on any atom is -0.343 e. The van der Waals surface area contributed by atoms with Gasteiger partial charge in [-0.2, -0.15) is 0 Å². The predicted octanol–water partition coefficient (Wildman–Crippen LogP) is 2.95. The van der Waals surface area contributed by atoms with Gasteiger partial charge in [-0.05, 0) is 25.7 Å². The van der Waals surface area contributed by atoms with Gasteiger partial charge in [0.25, 0.3) is 0 Å². The largest absolute Gasteiger partial charge is 0.343 e. The number of hydrogen-bond donors (Lipinski definition) is 0. The summed E-state index contributed by atoms with van der Waals surface area (Å²) in [5, 5.41) is 1.08. The van der Waals surface area contributed by atoms with Crippen molar-refractivity contribution in [3.63, 3.8) is 0 Å². The first kappa shape index (κ1) is 12.0. The van der Waals surface area contributed by atoms with Crippen LogP contribution < -0.4 is 0 Å². The third-order valence-electron chi connectivity index (χ3n) is 2.73. The number of nitrogens with zero attached hydrogens (tertiary/aromatic N) is 1. The lowest BCUT2D eigenvalue weighted by atomic mass is 10.2. The van der Waals surface area contributed by atoms with Crippen molar-refractivity contribution < 1.29 is 4.79 Å². The van der Waals surface area contributed by atoms with Gasteiger partial charge in [-0.15, -0.1) is 0 Å². The highest BCUT2D eigenvalue weighted by molar-refractivity contribution is 9.09. The van der Waals surface area contributed by atoms with Gasteiger partial charge < -0.3 is 4.90 Å². The van der Waals surface area contributed by atoms with Crippen LogP contribution in [0, 0.1) is 0 Å². The molecule has 0 aromatic carbocycles. The maximum Gasteiger partial charge on any atom is 0.222 e. The van der Waals surface area contributed by atoms with E-state index < -0.39 is 0 Å². The number of hydrogen-bond acceptors (Lipinski definition) is 1. The summed E-state index contributed by atoms with van der Waals surface area (Å²) in [6, 6.07) is 0. The van der Waals surface area contributed by atoms with E-state index in [2.05, 4.69) is 20.8 Å². The molecular weight excluding hydrogens is 242 g/mol. The Hall–Kier alpha value is -0.0500. The van der Waals surface area contributed by atoms with Crippen LogP contribution in [-0.2, 0) is 4.79 Å². The smallest absolute Gasteiger partial charge is 0.222 e. The molecule has 0 bridgehead atoms. The van der Waals surface area contributed by atoms with E-state index in [0.717, 1.165) is 37.7 Å². The van der Waals surface area contributed by atoms with Crippen molar-refractivity contribution in [1.82, 2.24) is 4.90 Å². The second-order valence-electron chi connectivity index (χ2n) is 3.94. The summed E-state index contributed by atoms with van der Waals surface area (Å²) in [5.74, 6) is 0.376. The van der Waals surface area contributed by atoms with Crippen molar-refractivity contribution in [2.24, 2.45) is 0 Å². The molecule has 2 nitrogen and oxygen atoms in total. The zero-order valence-corrected chi connectivity index (χ0v) is 10.4. The van der Waals surface area contributed by atoms with Crippen molar-refractivity contribution in [1.29, 1.82) is 0 Å². The summed E-state index contributed by atoms with van der Waals surface area (Å²) in [7, 11) is 0. The maximum atomic E-state index is 11.6. The molecule has 82 valence electrons. The number of carbonyl (C=O) groups excluding carboxylic acids is 1. The molecule has 1 heterocycles. The SMILES string of the molecule is O=C1CCCCCN1CCCCCBr. The first-order valence-electron chi connectivity index (χ1n) is 5.68. The Morgan fingerprint density at radius 1 is 1.14 bits per heavy atom. The fourth-order valence-electron chi connectivity index (χ4n) is 1.85. The van der Waals surface area contributed by atoms with Gasteiger partial charge in [-0.25, -0.2) is 0 Å². The highest BCUT2D eigenvalue weighted by Crippen LogP contribution is 2.12. The Morgan fingerprint density at radius 3 is 2.79 bits per heavy atom. The van der Waals surface area contributed by atoms with E-state index >= 15 is 0 Å². The van der Waals surface area contributed by atoms with Crippen LogP contribution in [0.1, 0.15) is 44.9 Å². The summed E-state index contributed by atoms with van der Waals surface area (Å²) in [6.07, 6.45) is 7.91. The lowest BCUT2D eigenvalue weighted by Crippen LogP contribution is -2.31. The van der Waals surface area contributed by atoms with Gasteiger partial charge in [0, 0.05) is 24.8 Å². The molecule has 0 aliphatic carbocycles. The molecule has 0 radical (unpaired) electrons. The van der Waals surface area contributed by atoms with Gasteiger partial charge in [0.2, 0.25) is 5.91 Å². The monoisotopic (exact) mass is 261 g/mol. The van der Waals surface area contributed by atoms with E-state index in [9.17, 15) is 4.79 Å². The van der Waals surface area contributed by atoms with Gasteiger partial charge in [0.05, 0.1) is 0 Å². The standard InChI is InChI=1S/C11H20BrNO/c12-8-4-2-6-10-13-9-5-1-3-7-11(13)14/h1-10H2. The lowest BCUT2D eigenvalue weighted by Gasteiger charge is -2.20. The number of likely N-dealkylation sites (tertiary alicyclic amines) is 1. The average molecular weight is 262 g/mol. The minimum atomic E-state index is 0.376. The number of unbranched alkanes of at least 4 members (excludes halogenated alkanes) is 2. The molecule has 0 spiro atoms. The first-order chi connectivity index (χ1) is 6.84. The van der Waals surface area contributed by atoms with Crippen molar-refractivity contribution in [3.8, 4) is 0 Å². The van der Waals surface area contributed by atoms with Crippen LogP contribution in [0.5, 0.6) is 0 Å². The quantitative estimate of drug-likeness (QED) is 0.551. The Labute approximate surface area is 95.2 Å². The van der Waals surface area contributed by atoms with Gasteiger partial charge >= 0.3 is 0 Å². The Bertz CT molecular complexity index is 173. The van der Waals surface area contributed by atoms with Gasteiger partial charge in [-0.3, -0.25) is 4.79 Å². The lowest BCUT2D eigenvalue weighted by molar-refractivity contribution is -0.130. The van der Waals surface area contributed by atoms with Crippen molar-refractivity contribution >= 4 is 21.8 Å². The van der Waals surface area contributed by atoms with Gasteiger partial charge in [-0.1, -0.05) is 28.8 Å². The molecule has 0 unspecified atom stereocenters. The Balaban J connectivity index is 2.16. The number of alkyl halides is 1. The zero-order chi connectivity index (χ0) is 10.2. The molecule has 1 aliphatic rings. The van der Waals surface area contributed by atoms with Crippen LogP contribution in [0.15, 0.2) is 0 Å². The van der Waals surface area contributed by atoms with E-state index in [1.165, 1.54) is 25.7 Å². The average Bonchev–Trinajstić information content (AvgIpc) is 2.39. The van der Waals surface area contributed by atoms with Gasteiger partial charge in [0.1, 0.15) is 0 Å². The predicted molar refractivity (Wildman–Crippen MR) is 62.7 cm³/mol. The van der Waals surface area contributed by atoms with E-state index in [1.807, 2.05) is 0 Å². The molecule has 1 amide bonds. The Kier molecular flexibility index (Phi) is 6.24. The second kappa shape index (κ2) is 7.27. The summed E-state index contributed by atoms with van der Waals surface area (Å²) in [6.45, 7) is 1.97. The van der Waals surface area contributed by atoms with Crippen LogP contribution in [-0.4, -0.2) is 29.2 Å². The van der Waals surface area contributed by atoms with Crippen LogP contribution >= 0.6 is 15.9 Å². The third-order valence-corrected chi connectivity index (χ3v) is 3.29. The molecule has 0 saturated carbocycles. The van der Waals surface area contributed by atoms with Crippen LogP contribution in [0.25, 0.3) is 0 Å². The highest BCUT2D eigenvalue weighted by atomic mass is 79.9. The highest BCUT2D eigenvalue weighted by Gasteiger charge is 2.15. The fourth-order valence-corrected chi connectivity index (χ4v) is 2.25. The number of carbonyl (C=O) groups is 1. The molecule has 0 aromatic heterocycles. The molecule has 3 heteroatoms. The summed E-state index contributed by atoms with van der Waals surface area (Å²) < 4.78 is 0. The summed E-state index contributed by atoms with van der Waals surface area (Å²) in [5.41, 5.74) is 0. The molecular formula is C11H20BrNO. The number of halogens is 1. The number of amides is 1. The van der Waals surface area contributed by atoms with Crippen LogP contribution in [0.2, 0.25) is 0 Å². The van der Waals surface area contributed by atoms with E-state index in [4.69, 9.17) is 0 Å². The second-order valence-corrected chi connectivity index (χ2v) is 4.73. The molecule has 1 aliphatic heterocycles. The molecule has 1 rings (SSSR count). The molecule has 14 heavy (non-hydrogen) atoms. The third kappa shape index (κ3) is 4.45. The number of rotatable bonds is 5. The van der Waals surface area contributed by atoms with Crippen molar-refractivity contribution in [3.05, 3.63) is 0 Å². The zero-order valence-electron chi connectivity index (χ0n) is 8.80. The minimum absolute atomic E-state index is 0.376. The maximum absolute atomic E-state index is 11.6. The van der Waals surface area contributed by atoms with E-state index in [0.29, 0.717) is 5.91 Å².